The van der Waals surface area contributed by atoms with E-state index in [2.05, 4.69) is 5.32 Å². The van der Waals surface area contributed by atoms with Crippen LogP contribution >= 0.6 is 11.8 Å². The number of carbonyl (C=O) groups excluding carboxylic acids is 1. The van der Waals surface area contributed by atoms with Gasteiger partial charge in [0.25, 0.3) is 0 Å². The van der Waals surface area contributed by atoms with Crippen LogP contribution in [0.3, 0.4) is 0 Å². The molecule has 0 heterocycles. The summed E-state index contributed by atoms with van der Waals surface area (Å²) in [5, 5.41) is 2.70. The van der Waals surface area contributed by atoms with Crippen LogP contribution in [0, 0.1) is 5.82 Å². The first-order chi connectivity index (χ1) is 11.6. The summed E-state index contributed by atoms with van der Waals surface area (Å²) in [7, 11) is 1.63. The van der Waals surface area contributed by atoms with E-state index in [0.29, 0.717) is 17.9 Å². The summed E-state index contributed by atoms with van der Waals surface area (Å²) < 4.78 is 18.7. The van der Waals surface area contributed by atoms with Crippen molar-refractivity contribution in [2.45, 2.75) is 24.3 Å². The molecule has 0 aliphatic heterocycles. The number of amides is 1. The van der Waals surface area contributed by atoms with Crippen molar-refractivity contribution < 1.29 is 13.9 Å². The van der Waals surface area contributed by atoms with Crippen molar-refractivity contribution in [3.63, 3.8) is 0 Å². The molecule has 0 spiro atoms. The lowest BCUT2D eigenvalue weighted by molar-refractivity contribution is -0.120. The maximum atomic E-state index is 13.6. The number of ether oxygens (including phenoxy) is 1. The molecule has 0 saturated heterocycles. The highest BCUT2D eigenvalue weighted by Crippen LogP contribution is 2.19. The van der Waals surface area contributed by atoms with Crippen LogP contribution in [0.4, 0.5) is 4.39 Å². The Hall–Kier alpha value is -2.01. The summed E-state index contributed by atoms with van der Waals surface area (Å²) in [6.45, 7) is 2.42. The van der Waals surface area contributed by atoms with Crippen molar-refractivity contribution in [1.29, 1.82) is 0 Å². The molecular weight excluding hydrogens is 325 g/mol. The van der Waals surface area contributed by atoms with E-state index in [1.807, 2.05) is 31.2 Å². The second-order valence-corrected chi connectivity index (χ2v) is 6.76. The van der Waals surface area contributed by atoms with Gasteiger partial charge in [-0.1, -0.05) is 30.3 Å². The second-order valence-electron chi connectivity index (χ2n) is 5.43. The molecule has 2 aromatic carbocycles. The Balaban J connectivity index is 1.72. The van der Waals surface area contributed by atoms with Crippen LogP contribution in [0.15, 0.2) is 48.5 Å². The maximum absolute atomic E-state index is 13.6. The van der Waals surface area contributed by atoms with Crippen molar-refractivity contribution in [2.24, 2.45) is 0 Å². The Labute approximate surface area is 146 Å². The number of rotatable bonds is 8. The van der Waals surface area contributed by atoms with Gasteiger partial charge in [-0.25, -0.2) is 4.39 Å². The molecule has 1 unspecified atom stereocenters. The SMILES string of the molecule is COc1ccc(CCNC(=O)C(C)SCc2ccccc2F)cc1. The molecule has 3 nitrogen and oxygen atoms in total. The lowest BCUT2D eigenvalue weighted by Gasteiger charge is -2.12. The average molecular weight is 347 g/mol. The molecule has 5 heteroatoms. The fourth-order valence-corrected chi connectivity index (χ4v) is 3.07. The molecule has 128 valence electrons. The minimum absolute atomic E-state index is 0.0233. The molecule has 0 fully saturated rings. The number of halogens is 1. The first kappa shape index (κ1) is 18.3. The third kappa shape index (κ3) is 5.57. The fraction of sp³-hybridized carbons (Fsp3) is 0.316. The number of methoxy groups -OCH3 is 1. The van der Waals surface area contributed by atoms with Gasteiger partial charge in [-0.05, 0) is 42.7 Å². The minimum atomic E-state index is -0.225. The van der Waals surface area contributed by atoms with E-state index in [0.717, 1.165) is 17.7 Å². The van der Waals surface area contributed by atoms with Crippen molar-refractivity contribution in [3.8, 4) is 5.75 Å². The highest BCUT2D eigenvalue weighted by Gasteiger charge is 2.13. The molecule has 1 atom stereocenters. The highest BCUT2D eigenvalue weighted by atomic mass is 32.2. The summed E-state index contributed by atoms with van der Waals surface area (Å²) in [4.78, 5) is 12.1. The third-order valence-corrected chi connectivity index (χ3v) is 4.88. The van der Waals surface area contributed by atoms with Crippen molar-refractivity contribution >= 4 is 17.7 Å². The van der Waals surface area contributed by atoms with E-state index in [1.165, 1.54) is 17.8 Å². The molecule has 0 bridgehead atoms. The van der Waals surface area contributed by atoms with Crippen LogP contribution < -0.4 is 10.1 Å². The summed E-state index contributed by atoms with van der Waals surface area (Å²) in [6, 6.07) is 14.4. The highest BCUT2D eigenvalue weighted by molar-refractivity contribution is 7.99. The topological polar surface area (TPSA) is 38.3 Å². The second kappa shape index (κ2) is 9.33. The molecule has 0 aliphatic rings. The fourth-order valence-electron chi connectivity index (χ4n) is 2.17. The first-order valence-corrected chi connectivity index (χ1v) is 8.90. The van der Waals surface area contributed by atoms with Crippen molar-refractivity contribution in [3.05, 3.63) is 65.5 Å². The van der Waals surface area contributed by atoms with Gasteiger partial charge < -0.3 is 10.1 Å². The van der Waals surface area contributed by atoms with E-state index in [-0.39, 0.29) is 17.0 Å². The van der Waals surface area contributed by atoms with Crippen LogP contribution in [0.1, 0.15) is 18.1 Å². The minimum Gasteiger partial charge on any atom is -0.497 e. The zero-order valence-corrected chi connectivity index (χ0v) is 14.7. The summed E-state index contributed by atoms with van der Waals surface area (Å²) in [6.07, 6.45) is 0.764. The lowest BCUT2D eigenvalue weighted by atomic mass is 10.1. The Morgan fingerprint density at radius 2 is 1.92 bits per heavy atom. The van der Waals surface area contributed by atoms with Gasteiger partial charge in [0.2, 0.25) is 5.91 Å². The van der Waals surface area contributed by atoms with Crippen LogP contribution in [-0.2, 0) is 17.0 Å². The number of benzene rings is 2. The van der Waals surface area contributed by atoms with Crippen LogP contribution in [0.2, 0.25) is 0 Å². The number of hydrogen-bond donors (Lipinski definition) is 1. The van der Waals surface area contributed by atoms with Crippen molar-refractivity contribution in [2.75, 3.05) is 13.7 Å². The van der Waals surface area contributed by atoms with E-state index in [4.69, 9.17) is 4.74 Å². The zero-order chi connectivity index (χ0) is 17.4. The average Bonchev–Trinajstić information content (AvgIpc) is 2.61. The number of carbonyl (C=O) groups is 1. The van der Waals surface area contributed by atoms with E-state index < -0.39 is 0 Å². The molecule has 2 aromatic rings. The van der Waals surface area contributed by atoms with Gasteiger partial charge in [0.1, 0.15) is 11.6 Å². The van der Waals surface area contributed by atoms with Crippen LogP contribution in [-0.4, -0.2) is 24.8 Å². The van der Waals surface area contributed by atoms with E-state index in [1.54, 1.807) is 25.3 Å². The third-order valence-electron chi connectivity index (χ3n) is 3.69. The monoisotopic (exact) mass is 347 g/mol. The molecule has 1 amide bonds. The quantitative estimate of drug-likeness (QED) is 0.789. The molecule has 24 heavy (non-hydrogen) atoms. The smallest absolute Gasteiger partial charge is 0.232 e. The van der Waals surface area contributed by atoms with Gasteiger partial charge in [-0.15, -0.1) is 11.8 Å². The van der Waals surface area contributed by atoms with Gasteiger partial charge in [0, 0.05) is 12.3 Å². The van der Waals surface area contributed by atoms with Gasteiger partial charge >= 0.3 is 0 Å². The Bertz CT molecular complexity index is 661. The zero-order valence-electron chi connectivity index (χ0n) is 13.9. The van der Waals surface area contributed by atoms with Gasteiger partial charge in [-0.3, -0.25) is 4.79 Å². The number of thioether (sulfide) groups is 1. The Morgan fingerprint density at radius 3 is 2.58 bits per heavy atom. The van der Waals surface area contributed by atoms with Crippen LogP contribution in [0.25, 0.3) is 0 Å². The van der Waals surface area contributed by atoms with Crippen LogP contribution in [0.5, 0.6) is 5.75 Å². The van der Waals surface area contributed by atoms with Gasteiger partial charge in [0.15, 0.2) is 0 Å². The standard InChI is InChI=1S/C19H22FNO2S/c1-14(24-13-16-5-3-4-6-18(16)20)19(22)21-12-11-15-7-9-17(23-2)10-8-15/h3-10,14H,11-13H2,1-2H3,(H,21,22). The molecule has 0 aliphatic carbocycles. The molecule has 0 radical (unpaired) electrons. The predicted octanol–water partition coefficient (Wildman–Crippen LogP) is 3.81. The lowest BCUT2D eigenvalue weighted by Crippen LogP contribution is -2.32. The van der Waals surface area contributed by atoms with Gasteiger partial charge in [-0.2, -0.15) is 0 Å². The van der Waals surface area contributed by atoms with Gasteiger partial charge in [0.05, 0.1) is 12.4 Å². The number of hydrogen-bond acceptors (Lipinski definition) is 3. The maximum Gasteiger partial charge on any atom is 0.232 e. The van der Waals surface area contributed by atoms with Crippen molar-refractivity contribution in [1.82, 2.24) is 5.32 Å². The number of nitrogens with one attached hydrogen (secondary N) is 1. The Morgan fingerprint density at radius 1 is 1.21 bits per heavy atom. The predicted molar refractivity (Wildman–Crippen MR) is 96.9 cm³/mol. The van der Waals surface area contributed by atoms with E-state index in [9.17, 15) is 9.18 Å². The Kier molecular flexibility index (Phi) is 7.12. The largest absolute Gasteiger partial charge is 0.497 e. The summed E-state index contributed by atoms with van der Waals surface area (Å²) in [5.41, 5.74) is 1.77. The van der Waals surface area contributed by atoms with E-state index >= 15 is 0 Å². The molecular formula is C19H22FNO2S. The first-order valence-electron chi connectivity index (χ1n) is 7.86. The summed E-state index contributed by atoms with van der Waals surface area (Å²) in [5.74, 6) is 1.06. The molecule has 1 N–H and O–H groups in total. The molecule has 2 rings (SSSR count). The molecule has 0 aromatic heterocycles. The summed E-state index contributed by atoms with van der Waals surface area (Å²) >= 11 is 1.43. The normalized spacial score (nSPS) is 11.8. The molecule has 0 saturated carbocycles.